The van der Waals surface area contributed by atoms with Gasteiger partial charge in [-0.25, -0.2) is 12.7 Å². The van der Waals surface area contributed by atoms with Crippen LogP contribution in [0.2, 0.25) is 0 Å². The van der Waals surface area contributed by atoms with Crippen molar-refractivity contribution in [1.82, 2.24) is 9.62 Å². The summed E-state index contributed by atoms with van der Waals surface area (Å²) < 4.78 is 25.2. The molecule has 1 amide bonds. The average molecular weight is 340 g/mol. The van der Waals surface area contributed by atoms with Gasteiger partial charge in [-0.1, -0.05) is 38.8 Å². The van der Waals surface area contributed by atoms with Gasteiger partial charge in [0.25, 0.3) is 0 Å². The molecule has 1 aromatic rings. The van der Waals surface area contributed by atoms with Crippen molar-refractivity contribution in [3.8, 4) is 0 Å². The zero-order valence-electron chi connectivity index (χ0n) is 14.7. The van der Waals surface area contributed by atoms with Crippen LogP contribution in [0.3, 0.4) is 0 Å². The molecular weight excluding hydrogens is 312 g/mol. The lowest BCUT2D eigenvalue weighted by molar-refractivity contribution is -0.122. The van der Waals surface area contributed by atoms with E-state index in [1.807, 2.05) is 6.92 Å². The van der Waals surface area contributed by atoms with Crippen LogP contribution in [0.15, 0.2) is 29.2 Å². The molecule has 2 atom stereocenters. The van der Waals surface area contributed by atoms with Gasteiger partial charge in [0, 0.05) is 20.5 Å². The highest BCUT2D eigenvalue weighted by Crippen LogP contribution is 2.19. The number of benzene rings is 1. The number of carbonyl (C=O) groups is 1. The van der Waals surface area contributed by atoms with E-state index in [-0.39, 0.29) is 16.8 Å². The smallest absolute Gasteiger partial charge is 0.242 e. The maximum atomic E-state index is 12.0. The number of carbonyl (C=O) groups excluding carboxylic acids is 1. The highest BCUT2D eigenvalue weighted by atomic mass is 32.2. The van der Waals surface area contributed by atoms with E-state index in [4.69, 9.17) is 0 Å². The fourth-order valence-corrected chi connectivity index (χ4v) is 3.34. The summed E-state index contributed by atoms with van der Waals surface area (Å²) in [6.07, 6.45) is 2.63. The molecule has 0 bridgehead atoms. The van der Waals surface area contributed by atoms with Crippen LogP contribution >= 0.6 is 0 Å². The molecule has 0 radical (unpaired) electrons. The van der Waals surface area contributed by atoms with E-state index in [0.29, 0.717) is 12.3 Å². The van der Waals surface area contributed by atoms with Crippen molar-refractivity contribution in [2.45, 2.75) is 51.0 Å². The normalized spacial score (nSPS) is 14.5. The number of rotatable bonds is 8. The summed E-state index contributed by atoms with van der Waals surface area (Å²) in [5.41, 5.74) is 0.888. The first-order valence-corrected chi connectivity index (χ1v) is 9.44. The van der Waals surface area contributed by atoms with Crippen LogP contribution in [0.5, 0.6) is 0 Å². The molecule has 0 aromatic heterocycles. The van der Waals surface area contributed by atoms with E-state index in [0.717, 1.165) is 18.4 Å². The molecule has 5 nitrogen and oxygen atoms in total. The minimum atomic E-state index is -3.42. The monoisotopic (exact) mass is 340 g/mol. The van der Waals surface area contributed by atoms with Crippen molar-refractivity contribution in [2.24, 2.45) is 5.92 Å². The molecule has 23 heavy (non-hydrogen) atoms. The van der Waals surface area contributed by atoms with Crippen LogP contribution in [0.1, 0.15) is 51.6 Å². The Morgan fingerprint density at radius 3 is 2.22 bits per heavy atom. The molecule has 1 N–H and O–H groups in total. The zero-order valence-corrected chi connectivity index (χ0v) is 15.5. The van der Waals surface area contributed by atoms with E-state index in [2.05, 4.69) is 19.2 Å². The van der Waals surface area contributed by atoms with Crippen LogP contribution in [0.4, 0.5) is 0 Å². The second kappa shape index (κ2) is 8.45. The Balaban J connectivity index is 2.71. The Hall–Kier alpha value is -1.40. The standard InChI is InChI=1S/C17H28N2O3S/c1-6-7-13(2)12-17(20)18-14(3)15-8-10-16(11-9-15)23(21,22)19(4)5/h8-11,13-14H,6-7,12H2,1-5H3,(H,18,20). The molecule has 6 heteroatoms. The number of hydrogen-bond acceptors (Lipinski definition) is 3. The third-order valence-electron chi connectivity index (χ3n) is 3.85. The zero-order chi connectivity index (χ0) is 17.6. The number of amides is 1. The predicted molar refractivity (Wildman–Crippen MR) is 92.6 cm³/mol. The van der Waals surface area contributed by atoms with Gasteiger partial charge in [-0.3, -0.25) is 4.79 Å². The first-order chi connectivity index (χ1) is 10.7. The van der Waals surface area contributed by atoms with Gasteiger partial charge in [0.15, 0.2) is 0 Å². The van der Waals surface area contributed by atoms with Gasteiger partial charge >= 0.3 is 0 Å². The summed E-state index contributed by atoms with van der Waals surface area (Å²) in [4.78, 5) is 12.3. The second-order valence-electron chi connectivity index (χ2n) is 6.24. The van der Waals surface area contributed by atoms with Crippen LogP contribution in [-0.4, -0.2) is 32.7 Å². The minimum Gasteiger partial charge on any atom is -0.350 e. The van der Waals surface area contributed by atoms with Gasteiger partial charge in [-0.2, -0.15) is 0 Å². The topological polar surface area (TPSA) is 66.5 Å². The largest absolute Gasteiger partial charge is 0.350 e. The quantitative estimate of drug-likeness (QED) is 0.791. The predicted octanol–water partition coefficient (Wildman–Crippen LogP) is 2.94. The molecular formula is C17H28N2O3S. The summed E-state index contributed by atoms with van der Waals surface area (Å²) in [5.74, 6) is 0.406. The van der Waals surface area contributed by atoms with Crippen LogP contribution in [0.25, 0.3) is 0 Å². The Bertz CT molecular complexity index is 609. The van der Waals surface area contributed by atoms with Crippen LogP contribution in [-0.2, 0) is 14.8 Å². The van der Waals surface area contributed by atoms with Crippen molar-refractivity contribution in [2.75, 3.05) is 14.1 Å². The lowest BCUT2D eigenvalue weighted by atomic mass is 10.0. The van der Waals surface area contributed by atoms with Crippen molar-refractivity contribution in [3.05, 3.63) is 29.8 Å². The molecule has 0 fully saturated rings. The lowest BCUT2D eigenvalue weighted by Crippen LogP contribution is -2.28. The van der Waals surface area contributed by atoms with Crippen molar-refractivity contribution < 1.29 is 13.2 Å². The molecule has 0 heterocycles. The molecule has 130 valence electrons. The Morgan fingerprint density at radius 2 is 1.74 bits per heavy atom. The summed E-state index contributed by atoms with van der Waals surface area (Å²) in [6, 6.07) is 6.50. The molecule has 0 aliphatic carbocycles. The molecule has 2 unspecified atom stereocenters. The van der Waals surface area contributed by atoms with E-state index >= 15 is 0 Å². The van der Waals surface area contributed by atoms with E-state index in [1.165, 1.54) is 18.4 Å². The van der Waals surface area contributed by atoms with Gasteiger partial charge in [0.05, 0.1) is 10.9 Å². The molecule has 1 rings (SSSR count). The highest BCUT2D eigenvalue weighted by molar-refractivity contribution is 7.89. The van der Waals surface area contributed by atoms with Gasteiger partial charge in [0.1, 0.15) is 0 Å². The van der Waals surface area contributed by atoms with Crippen LogP contribution < -0.4 is 5.32 Å². The van der Waals surface area contributed by atoms with Gasteiger partial charge < -0.3 is 5.32 Å². The Labute approximate surface area is 140 Å². The van der Waals surface area contributed by atoms with Crippen molar-refractivity contribution in [3.63, 3.8) is 0 Å². The maximum Gasteiger partial charge on any atom is 0.242 e. The fourth-order valence-electron chi connectivity index (χ4n) is 2.43. The third kappa shape index (κ3) is 5.62. The molecule has 1 aromatic carbocycles. The van der Waals surface area contributed by atoms with Gasteiger partial charge in [-0.15, -0.1) is 0 Å². The van der Waals surface area contributed by atoms with E-state index in [9.17, 15) is 13.2 Å². The van der Waals surface area contributed by atoms with Crippen molar-refractivity contribution in [1.29, 1.82) is 0 Å². The minimum absolute atomic E-state index is 0.0310. The Kier molecular flexibility index (Phi) is 7.22. The molecule has 0 aliphatic rings. The molecule has 0 spiro atoms. The highest BCUT2D eigenvalue weighted by Gasteiger charge is 2.18. The average Bonchev–Trinajstić information content (AvgIpc) is 2.47. The summed E-state index contributed by atoms with van der Waals surface area (Å²) in [6.45, 7) is 6.09. The van der Waals surface area contributed by atoms with Crippen molar-refractivity contribution >= 4 is 15.9 Å². The van der Waals surface area contributed by atoms with Crippen LogP contribution in [0, 0.1) is 5.92 Å². The number of nitrogens with zero attached hydrogens (tertiary/aromatic N) is 1. The SMILES string of the molecule is CCCC(C)CC(=O)NC(C)c1ccc(S(=O)(=O)N(C)C)cc1. The summed E-state index contributed by atoms with van der Waals surface area (Å²) >= 11 is 0. The number of sulfonamides is 1. The second-order valence-corrected chi connectivity index (χ2v) is 8.40. The van der Waals surface area contributed by atoms with Gasteiger partial charge in [-0.05, 0) is 30.5 Å². The summed E-state index contributed by atoms with van der Waals surface area (Å²) in [7, 11) is -0.412. The first-order valence-electron chi connectivity index (χ1n) is 8.00. The lowest BCUT2D eigenvalue weighted by Gasteiger charge is -2.17. The maximum absolute atomic E-state index is 12.0. The third-order valence-corrected chi connectivity index (χ3v) is 5.68. The molecule has 0 aliphatic heterocycles. The van der Waals surface area contributed by atoms with E-state index < -0.39 is 10.0 Å². The molecule has 0 saturated carbocycles. The Morgan fingerprint density at radius 1 is 1.17 bits per heavy atom. The number of hydrogen-bond donors (Lipinski definition) is 1. The van der Waals surface area contributed by atoms with Gasteiger partial charge in [0.2, 0.25) is 15.9 Å². The van der Waals surface area contributed by atoms with E-state index in [1.54, 1.807) is 24.3 Å². The molecule has 0 saturated heterocycles. The number of nitrogens with one attached hydrogen (secondary N) is 1. The first kappa shape index (κ1) is 19.6. The fraction of sp³-hybridized carbons (Fsp3) is 0.588. The summed E-state index contributed by atoms with van der Waals surface area (Å²) in [5, 5.41) is 2.97.